The number of anilines is 5. The molecule has 1 aromatic heterocycles. The Bertz CT molecular complexity index is 3510. The van der Waals surface area contributed by atoms with Gasteiger partial charge >= 0.3 is 0 Å². The molecule has 0 radical (unpaired) electrons. The van der Waals surface area contributed by atoms with E-state index in [1.165, 1.54) is 132 Å². The van der Waals surface area contributed by atoms with Crippen molar-refractivity contribution in [1.29, 1.82) is 0 Å². The Morgan fingerprint density at radius 3 is 1.51 bits per heavy atom. The first-order chi connectivity index (χ1) is 35.4. The van der Waals surface area contributed by atoms with Gasteiger partial charge in [-0.3, -0.25) is 0 Å². The van der Waals surface area contributed by atoms with Crippen LogP contribution < -0.4 is 26.2 Å². The molecule has 0 N–H and O–H groups in total. The highest BCUT2D eigenvalue weighted by atomic mass is 32.1. The highest BCUT2D eigenvalue weighted by molar-refractivity contribution is 7.26. The molecule has 12 rings (SSSR count). The number of rotatable bonds is 5. The normalized spacial score (nSPS) is 20.1. The van der Waals surface area contributed by atoms with E-state index in [1.54, 1.807) is 22.3 Å². The van der Waals surface area contributed by atoms with Crippen LogP contribution in [0, 0.1) is 0 Å². The van der Waals surface area contributed by atoms with Crippen LogP contribution in [-0.4, -0.2) is 13.3 Å². The summed E-state index contributed by atoms with van der Waals surface area (Å²) in [5, 5.41) is 2.83. The summed E-state index contributed by atoms with van der Waals surface area (Å²) in [6, 6.07) is 42.4. The lowest BCUT2D eigenvalue weighted by Crippen LogP contribution is -2.62. The monoisotopic (exact) mass is 1020 g/mol. The van der Waals surface area contributed by atoms with E-state index in [0.29, 0.717) is 0 Å². The van der Waals surface area contributed by atoms with Gasteiger partial charge in [-0.15, -0.1) is 11.3 Å². The third kappa shape index (κ3) is 8.04. The van der Waals surface area contributed by atoms with Gasteiger partial charge in [0.1, 0.15) is 0 Å². The number of hydrogen-bond donors (Lipinski definition) is 0. The SMILES string of the molecule is CC(C)(C)c1ccc(N2c3cc(C(C)(C)C)cc4c3B(c3cc5c(cc3N4CCc3cc4c(cc3-c3ccccc3)C(C)(C)CCC4(C)C)C(C)(C)CCC5(C)C)c3c2sc2cc4c(cc32)C(C)(C)CCC4(C)C)cc1. The summed E-state index contributed by atoms with van der Waals surface area (Å²) in [6.45, 7) is 45.3. The van der Waals surface area contributed by atoms with E-state index in [-0.39, 0.29) is 50.0 Å². The lowest BCUT2D eigenvalue weighted by Gasteiger charge is -2.47. The molecule has 0 bridgehead atoms. The lowest BCUT2D eigenvalue weighted by molar-refractivity contribution is 0.331. The molecule has 0 unspecified atom stereocenters. The highest BCUT2D eigenvalue weighted by Gasteiger charge is 2.49. The van der Waals surface area contributed by atoms with Gasteiger partial charge in [-0.1, -0.05) is 185 Å². The van der Waals surface area contributed by atoms with Crippen LogP contribution in [0.1, 0.15) is 213 Å². The van der Waals surface area contributed by atoms with Gasteiger partial charge in [0.2, 0.25) is 0 Å². The number of nitrogens with zero attached hydrogens (tertiary/aromatic N) is 2. The van der Waals surface area contributed by atoms with Crippen molar-refractivity contribution in [1.82, 2.24) is 0 Å². The minimum atomic E-state index is -0.0926. The Hall–Kier alpha value is -5.06. The molecular weight excluding hydrogens is 936 g/mol. The Morgan fingerprint density at radius 1 is 0.474 bits per heavy atom. The second-order valence-electron chi connectivity index (χ2n) is 30.5. The topological polar surface area (TPSA) is 6.48 Å². The lowest BCUT2D eigenvalue weighted by atomic mass is 9.33. The fourth-order valence-corrected chi connectivity index (χ4v) is 16.0. The molecule has 2 nitrogen and oxygen atoms in total. The van der Waals surface area contributed by atoms with Gasteiger partial charge in [0.15, 0.2) is 0 Å². The van der Waals surface area contributed by atoms with Crippen LogP contribution in [0.4, 0.5) is 27.8 Å². The second-order valence-corrected chi connectivity index (χ2v) is 31.6. The average molecular weight is 1020 g/mol. The molecule has 394 valence electrons. The van der Waals surface area contributed by atoms with E-state index in [1.807, 2.05) is 11.3 Å². The van der Waals surface area contributed by atoms with Crippen LogP contribution in [-0.2, 0) is 49.7 Å². The van der Waals surface area contributed by atoms with Crippen molar-refractivity contribution in [2.24, 2.45) is 0 Å². The predicted octanol–water partition coefficient (Wildman–Crippen LogP) is 18.2. The van der Waals surface area contributed by atoms with Crippen LogP contribution in [0.5, 0.6) is 0 Å². The van der Waals surface area contributed by atoms with Crippen LogP contribution in [0.25, 0.3) is 21.2 Å². The average Bonchev–Trinajstić information content (AvgIpc) is 3.94. The Morgan fingerprint density at radius 2 is 0.961 bits per heavy atom. The molecule has 76 heavy (non-hydrogen) atoms. The maximum absolute atomic E-state index is 2.84. The Balaban J connectivity index is 1.17. The smallest absolute Gasteiger partial charge is 0.254 e. The molecule has 0 saturated heterocycles. The zero-order valence-electron chi connectivity index (χ0n) is 49.9. The molecule has 0 atom stereocenters. The summed E-state index contributed by atoms with van der Waals surface area (Å²) in [7, 11) is 0. The predicted molar refractivity (Wildman–Crippen MR) is 333 cm³/mol. The number of benzene rings is 6. The van der Waals surface area contributed by atoms with Gasteiger partial charge in [-0.05, 0) is 214 Å². The number of hydrogen-bond acceptors (Lipinski definition) is 3. The summed E-state index contributed by atoms with van der Waals surface area (Å²) >= 11 is 2.05. The second kappa shape index (κ2) is 16.7. The fraction of sp³-hybridized carbons (Fsp3) is 0.472. The molecule has 5 aliphatic rings. The van der Waals surface area contributed by atoms with E-state index in [2.05, 4.69) is 238 Å². The standard InChI is InChI=1S/C72H87BN2S/c1-65(2,3)46-24-26-48(27-25-46)75-60-38-47(66(4,5)6)37-59-63(60)73(62-50-40-53-56(43-61(50)76-64(62)75)72(17,18)34-31-69(53,11)12)57-41-54-55(71(15,16)33-32-70(54,13)14)42-58(57)74(59)35-28-45-36-51-52(68(9,10)30-29-67(51,7)8)39-49(45)44-22-20-19-21-23-44/h19-27,36-43H,28-35H2,1-18H3. The van der Waals surface area contributed by atoms with Crippen molar-refractivity contribution in [2.75, 3.05) is 16.3 Å². The van der Waals surface area contributed by atoms with Crippen LogP contribution in [0.3, 0.4) is 0 Å². The van der Waals surface area contributed by atoms with E-state index in [0.717, 1.165) is 13.0 Å². The summed E-state index contributed by atoms with van der Waals surface area (Å²) < 4.78 is 1.42. The van der Waals surface area contributed by atoms with Gasteiger partial charge in [0, 0.05) is 34.0 Å². The quantitative estimate of drug-likeness (QED) is 0.159. The molecular formula is C72H87BN2S. The molecule has 7 aromatic rings. The largest absolute Gasteiger partial charge is 0.342 e. The zero-order chi connectivity index (χ0) is 54.2. The molecule has 0 fully saturated rings. The molecule has 4 heteroatoms. The van der Waals surface area contributed by atoms with Crippen LogP contribution >= 0.6 is 11.3 Å². The van der Waals surface area contributed by atoms with Crippen molar-refractivity contribution in [2.45, 2.75) is 213 Å². The molecule has 6 aromatic carbocycles. The van der Waals surface area contributed by atoms with Gasteiger partial charge in [-0.2, -0.15) is 0 Å². The third-order valence-electron chi connectivity index (χ3n) is 20.4. The maximum Gasteiger partial charge on any atom is 0.254 e. The Labute approximate surface area is 463 Å². The molecule has 0 amide bonds. The first-order valence-corrected chi connectivity index (χ1v) is 30.1. The summed E-state index contributed by atoms with van der Waals surface area (Å²) in [5.74, 6) is 0. The summed E-state index contributed by atoms with van der Waals surface area (Å²) in [5.41, 5.74) is 26.5. The molecule has 3 heterocycles. The van der Waals surface area contributed by atoms with E-state index < -0.39 is 0 Å². The van der Waals surface area contributed by atoms with Crippen molar-refractivity contribution in [3.05, 3.63) is 153 Å². The van der Waals surface area contributed by atoms with Gasteiger partial charge in [0.05, 0.1) is 5.00 Å². The van der Waals surface area contributed by atoms with Crippen molar-refractivity contribution in [3.63, 3.8) is 0 Å². The molecule has 3 aliphatic carbocycles. The first kappa shape index (κ1) is 51.7. The van der Waals surface area contributed by atoms with E-state index in [4.69, 9.17) is 0 Å². The fourth-order valence-electron chi connectivity index (χ4n) is 14.7. The van der Waals surface area contributed by atoms with Gasteiger partial charge < -0.3 is 9.80 Å². The third-order valence-corrected chi connectivity index (χ3v) is 21.5. The zero-order valence-corrected chi connectivity index (χ0v) is 50.7. The van der Waals surface area contributed by atoms with E-state index in [9.17, 15) is 0 Å². The van der Waals surface area contributed by atoms with Crippen LogP contribution in [0.2, 0.25) is 0 Å². The first-order valence-electron chi connectivity index (χ1n) is 29.3. The van der Waals surface area contributed by atoms with Gasteiger partial charge in [0.25, 0.3) is 6.71 Å². The van der Waals surface area contributed by atoms with Crippen molar-refractivity contribution in [3.8, 4) is 11.1 Å². The minimum Gasteiger partial charge on any atom is -0.342 e. The van der Waals surface area contributed by atoms with Crippen LogP contribution in [0.15, 0.2) is 103 Å². The molecule has 2 aliphatic heterocycles. The van der Waals surface area contributed by atoms with E-state index >= 15 is 0 Å². The Kier molecular flexibility index (Phi) is 11.4. The van der Waals surface area contributed by atoms with Crippen molar-refractivity contribution < 1.29 is 0 Å². The maximum atomic E-state index is 2.84. The molecule has 0 saturated carbocycles. The molecule has 0 spiro atoms. The minimum absolute atomic E-state index is 0.0500. The van der Waals surface area contributed by atoms with Gasteiger partial charge in [-0.25, -0.2) is 0 Å². The number of fused-ring (bicyclic) bond motifs is 9. The summed E-state index contributed by atoms with van der Waals surface area (Å²) in [6.07, 6.45) is 8.11. The summed E-state index contributed by atoms with van der Waals surface area (Å²) in [4.78, 5) is 5.57. The highest BCUT2D eigenvalue weighted by Crippen LogP contribution is 2.54. The number of thiophene rings is 1. The van der Waals surface area contributed by atoms with Crippen molar-refractivity contribution >= 4 is 72.3 Å².